The van der Waals surface area contributed by atoms with Crippen LogP contribution in [0.1, 0.15) is 17.5 Å². The Morgan fingerprint density at radius 2 is 1.84 bits per heavy atom. The van der Waals surface area contributed by atoms with Gasteiger partial charge in [0.05, 0.1) is 19.9 Å². The Bertz CT molecular complexity index is 803. The summed E-state index contributed by atoms with van der Waals surface area (Å²) < 4.78 is 10.6. The molecule has 1 aliphatic heterocycles. The summed E-state index contributed by atoms with van der Waals surface area (Å²) in [6.07, 6.45) is 1.17. The molecule has 0 saturated heterocycles. The number of nitrogens with zero attached hydrogens (tertiary/aromatic N) is 1. The molecule has 0 spiro atoms. The number of carbonyl (C=O) groups is 1. The summed E-state index contributed by atoms with van der Waals surface area (Å²) in [6, 6.07) is 13.2. The number of rotatable bonds is 5. The van der Waals surface area contributed by atoms with E-state index in [1.807, 2.05) is 42.5 Å². The first-order valence-electron chi connectivity index (χ1n) is 7.94. The van der Waals surface area contributed by atoms with Gasteiger partial charge in [0.2, 0.25) is 5.91 Å². The highest BCUT2D eigenvalue weighted by atomic mass is 35.5. The number of benzene rings is 2. The highest BCUT2D eigenvalue weighted by Gasteiger charge is 2.26. The van der Waals surface area contributed by atoms with E-state index < -0.39 is 0 Å². The van der Waals surface area contributed by atoms with Gasteiger partial charge in [0.1, 0.15) is 0 Å². The van der Waals surface area contributed by atoms with E-state index in [0.717, 1.165) is 16.8 Å². The van der Waals surface area contributed by atoms with Crippen molar-refractivity contribution in [1.82, 2.24) is 5.43 Å². The second-order valence-corrected chi connectivity index (χ2v) is 6.27. The lowest BCUT2D eigenvalue weighted by molar-refractivity contribution is -0.125. The molecule has 1 aliphatic rings. The lowest BCUT2D eigenvalue weighted by Crippen LogP contribution is -2.36. The van der Waals surface area contributed by atoms with Gasteiger partial charge in [-0.2, -0.15) is 5.10 Å². The van der Waals surface area contributed by atoms with Gasteiger partial charge in [0.25, 0.3) is 0 Å². The zero-order chi connectivity index (χ0) is 17.8. The summed E-state index contributed by atoms with van der Waals surface area (Å²) in [5.74, 6) is 1.05. The number of hydrogen-bond donors (Lipinski definition) is 1. The molecule has 1 N–H and O–H groups in total. The standard InChI is InChI=1S/C19H19ClN2O3/c1-24-17-8-3-12(10-18(17)25-2)9-14-11-16(21-22-19(14)23)13-4-6-15(20)7-5-13/h3-8,10,14H,9,11H2,1-2H3,(H,22,23). The average molecular weight is 359 g/mol. The third kappa shape index (κ3) is 3.94. The predicted molar refractivity (Wildman–Crippen MR) is 97.5 cm³/mol. The van der Waals surface area contributed by atoms with E-state index in [2.05, 4.69) is 10.5 Å². The molecule has 2 aromatic rings. The maximum absolute atomic E-state index is 12.2. The van der Waals surface area contributed by atoms with Crippen LogP contribution in [-0.4, -0.2) is 25.8 Å². The Morgan fingerprint density at radius 1 is 1.12 bits per heavy atom. The molecule has 0 radical (unpaired) electrons. The first kappa shape index (κ1) is 17.3. The van der Waals surface area contributed by atoms with E-state index in [4.69, 9.17) is 21.1 Å². The summed E-state index contributed by atoms with van der Waals surface area (Å²) >= 11 is 5.93. The number of hydrazone groups is 1. The molecule has 6 heteroatoms. The second kappa shape index (κ2) is 7.57. The third-order valence-electron chi connectivity index (χ3n) is 4.22. The Kier molecular flexibility index (Phi) is 5.24. The van der Waals surface area contributed by atoms with Crippen LogP contribution in [0.25, 0.3) is 0 Å². The Hall–Kier alpha value is -2.53. The molecule has 1 unspecified atom stereocenters. The number of halogens is 1. The van der Waals surface area contributed by atoms with Crippen molar-refractivity contribution in [3.63, 3.8) is 0 Å². The summed E-state index contributed by atoms with van der Waals surface area (Å²) in [5.41, 5.74) is 5.44. The molecule has 0 fully saturated rings. The van der Waals surface area contributed by atoms with Crippen molar-refractivity contribution in [2.75, 3.05) is 14.2 Å². The first-order valence-corrected chi connectivity index (χ1v) is 8.31. The Labute approximate surface area is 151 Å². The van der Waals surface area contributed by atoms with Crippen molar-refractivity contribution < 1.29 is 14.3 Å². The van der Waals surface area contributed by atoms with Gasteiger partial charge in [0, 0.05) is 17.4 Å². The minimum absolute atomic E-state index is 0.0764. The monoisotopic (exact) mass is 358 g/mol. The number of nitrogens with one attached hydrogen (secondary N) is 1. The van der Waals surface area contributed by atoms with Crippen molar-refractivity contribution in [2.24, 2.45) is 11.0 Å². The number of carbonyl (C=O) groups excluding carboxylic acids is 1. The summed E-state index contributed by atoms with van der Waals surface area (Å²) in [6.45, 7) is 0. The van der Waals surface area contributed by atoms with Gasteiger partial charge in [-0.25, -0.2) is 5.43 Å². The molecule has 0 aliphatic carbocycles. The molecule has 1 atom stereocenters. The topological polar surface area (TPSA) is 59.9 Å². The highest BCUT2D eigenvalue weighted by Crippen LogP contribution is 2.29. The number of hydrogen-bond acceptors (Lipinski definition) is 4. The third-order valence-corrected chi connectivity index (χ3v) is 4.47. The molecule has 0 saturated carbocycles. The van der Waals surface area contributed by atoms with Crippen LogP contribution >= 0.6 is 11.6 Å². The maximum Gasteiger partial charge on any atom is 0.243 e. The quantitative estimate of drug-likeness (QED) is 0.890. The van der Waals surface area contributed by atoms with Gasteiger partial charge >= 0.3 is 0 Å². The van der Waals surface area contributed by atoms with Crippen molar-refractivity contribution >= 4 is 23.2 Å². The van der Waals surface area contributed by atoms with Crippen molar-refractivity contribution in [1.29, 1.82) is 0 Å². The molecular weight excluding hydrogens is 340 g/mol. The van der Waals surface area contributed by atoms with Gasteiger partial charge in [-0.15, -0.1) is 0 Å². The van der Waals surface area contributed by atoms with E-state index in [1.54, 1.807) is 14.2 Å². The molecule has 2 aromatic carbocycles. The maximum atomic E-state index is 12.2. The first-order chi connectivity index (χ1) is 12.1. The summed E-state index contributed by atoms with van der Waals surface area (Å²) in [4.78, 5) is 12.2. The number of methoxy groups -OCH3 is 2. The minimum atomic E-state index is -0.193. The minimum Gasteiger partial charge on any atom is -0.493 e. The molecule has 25 heavy (non-hydrogen) atoms. The van der Waals surface area contributed by atoms with Gasteiger partial charge in [-0.05, 0) is 41.8 Å². The molecular formula is C19H19ClN2O3. The van der Waals surface area contributed by atoms with Gasteiger partial charge in [-0.1, -0.05) is 29.8 Å². The van der Waals surface area contributed by atoms with Crippen molar-refractivity contribution in [2.45, 2.75) is 12.8 Å². The van der Waals surface area contributed by atoms with Gasteiger partial charge < -0.3 is 9.47 Å². The molecule has 1 amide bonds. The van der Waals surface area contributed by atoms with Crippen LogP contribution in [0.2, 0.25) is 5.02 Å². The Balaban J connectivity index is 1.77. The fourth-order valence-corrected chi connectivity index (χ4v) is 2.99. The van der Waals surface area contributed by atoms with Crippen molar-refractivity contribution in [3.8, 4) is 11.5 Å². The van der Waals surface area contributed by atoms with E-state index in [1.165, 1.54) is 0 Å². The number of amides is 1. The molecule has 130 valence electrons. The van der Waals surface area contributed by atoms with Gasteiger partial charge in [0.15, 0.2) is 11.5 Å². The lowest BCUT2D eigenvalue weighted by atomic mass is 9.90. The molecule has 3 rings (SSSR count). The molecule has 1 heterocycles. The van der Waals surface area contributed by atoms with Crippen LogP contribution < -0.4 is 14.9 Å². The van der Waals surface area contributed by atoms with E-state index in [-0.39, 0.29) is 11.8 Å². The van der Waals surface area contributed by atoms with Crippen LogP contribution in [0, 0.1) is 5.92 Å². The predicted octanol–water partition coefficient (Wildman–Crippen LogP) is 3.44. The molecule has 5 nitrogen and oxygen atoms in total. The van der Waals surface area contributed by atoms with Gasteiger partial charge in [-0.3, -0.25) is 4.79 Å². The van der Waals surface area contributed by atoms with Crippen LogP contribution in [0.4, 0.5) is 0 Å². The lowest BCUT2D eigenvalue weighted by Gasteiger charge is -2.22. The van der Waals surface area contributed by atoms with Crippen LogP contribution in [0.5, 0.6) is 11.5 Å². The SMILES string of the molecule is COc1ccc(CC2CC(c3ccc(Cl)cc3)=NNC2=O)cc1OC. The average Bonchev–Trinajstić information content (AvgIpc) is 2.64. The van der Waals surface area contributed by atoms with E-state index >= 15 is 0 Å². The van der Waals surface area contributed by atoms with Crippen molar-refractivity contribution in [3.05, 3.63) is 58.6 Å². The Morgan fingerprint density at radius 3 is 2.52 bits per heavy atom. The van der Waals surface area contributed by atoms with Crippen LogP contribution in [-0.2, 0) is 11.2 Å². The fourth-order valence-electron chi connectivity index (χ4n) is 2.87. The normalized spacial score (nSPS) is 16.8. The van der Waals surface area contributed by atoms with E-state index in [9.17, 15) is 4.79 Å². The fraction of sp³-hybridized carbons (Fsp3) is 0.263. The zero-order valence-electron chi connectivity index (χ0n) is 14.1. The summed E-state index contributed by atoms with van der Waals surface area (Å²) in [5, 5.41) is 4.86. The summed E-state index contributed by atoms with van der Waals surface area (Å²) in [7, 11) is 3.20. The molecule has 0 bridgehead atoms. The largest absolute Gasteiger partial charge is 0.493 e. The number of ether oxygens (including phenoxy) is 2. The van der Waals surface area contributed by atoms with Crippen LogP contribution in [0.3, 0.4) is 0 Å². The van der Waals surface area contributed by atoms with Crippen LogP contribution in [0.15, 0.2) is 47.6 Å². The second-order valence-electron chi connectivity index (χ2n) is 5.84. The van der Waals surface area contributed by atoms with E-state index in [0.29, 0.717) is 29.4 Å². The highest BCUT2D eigenvalue weighted by molar-refractivity contribution is 6.30. The zero-order valence-corrected chi connectivity index (χ0v) is 14.8. The molecule has 0 aromatic heterocycles. The smallest absolute Gasteiger partial charge is 0.243 e.